The number of nitrogens with two attached hydrogens (primary N) is 1. The van der Waals surface area contributed by atoms with Crippen LogP contribution in [0.1, 0.15) is 19.3 Å². The molecule has 1 fully saturated rings. The van der Waals surface area contributed by atoms with Gasteiger partial charge in [-0.1, -0.05) is 0 Å². The number of hydrogen-bond donors (Lipinski definition) is 2. The second kappa shape index (κ2) is 7.17. The van der Waals surface area contributed by atoms with Gasteiger partial charge in [-0.05, 0) is 12.8 Å². The van der Waals surface area contributed by atoms with Gasteiger partial charge >= 0.3 is 0 Å². The van der Waals surface area contributed by atoms with Gasteiger partial charge in [-0.25, -0.2) is 0 Å². The van der Waals surface area contributed by atoms with Gasteiger partial charge in [-0.2, -0.15) is 0 Å². The van der Waals surface area contributed by atoms with Gasteiger partial charge in [0, 0.05) is 30.7 Å². The highest BCUT2D eigenvalue weighted by Crippen LogP contribution is 2.27. The van der Waals surface area contributed by atoms with Crippen LogP contribution in [0.25, 0.3) is 0 Å². The van der Waals surface area contributed by atoms with Crippen LogP contribution in [0.2, 0.25) is 0 Å². The molecular weight excluding hydrogens is 272 g/mol. The number of amides is 1. The molecule has 1 amide bonds. The van der Waals surface area contributed by atoms with E-state index in [9.17, 15) is 4.79 Å². The zero-order valence-electron chi connectivity index (χ0n) is 12.4. The van der Waals surface area contributed by atoms with Crippen molar-refractivity contribution in [3.63, 3.8) is 0 Å². The summed E-state index contributed by atoms with van der Waals surface area (Å²) in [5.41, 5.74) is 5.39. The minimum atomic E-state index is -0.343. The summed E-state index contributed by atoms with van der Waals surface area (Å²) in [7, 11) is 3.17. The molecule has 0 saturated heterocycles. The topological polar surface area (TPSA) is 82.8 Å². The number of rotatable bonds is 9. The zero-order valence-corrected chi connectivity index (χ0v) is 12.4. The summed E-state index contributed by atoms with van der Waals surface area (Å²) in [4.78, 5) is 11.4. The first-order valence-corrected chi connectivity index (χ1v) is 7.03. The van der Waals surface area contributed by atoms with Crippen LogP contribution in [0.3, 0.4) is 0 Å². The highest BCUT2D eigenvalue weighted by Gasteiger charge is 2.27. The summed E-state index contributed by atoms with van der Waals surface area (Å²) in [6.45, 7) is 0.393. The Balaban J connectivity index is 1.87. The molecule has 3 N–H and O–H groups in total. The molecular formula is C15H22N2O4. The molecule has 2 rings (SSSR count). The van der Waals surface area contributed by atoms with Gasteiger partial charge in [0.25, 0.3) is 0 Å². The van der Waals surface area contributed by atoms with Gasteiger partial charge in [-0.15, -0.1) is 0 Å². The van der Waals surface area contributed by atoms with E-state index in [-0.39, 0.29) is 11.9 Å². The number of carbonyl (C=O) groups excluding carboxylic acids is 1. The van der Waals surface area contributed by atoms with Crippen molar-refractivity contribution in [2.75, 3.05) is 20.8 Å². The lowest BCUT2D eigenvalue weighted by atomic mass is 10.2. The van der Waals surface area contributed by atoms with Crippen molar-refractivity contribution in [3.8, 4) is 17.2 Å². The van der Waals surface area contributed by atoms with Gasteiger partial charge in [0.1, 0.15) is 17.2 Å². The molecule has 1 atom stereocenters. The highest BCUT2D eigenvalue weighted by atomic mass is 16.5. The van der Waals surface area contributed by atoms with Crippen LogP contribution in [0.4, 0.5) is 0 Å². The van der Waals surface area contributed by atoms with Crippen molar-refractivity contribution < 1.29 is 19.0 Å². The molecule has 1 aliphatic carbocycles. The van der Waals surface area contributed by atoms with Crippen molar-refractivity contribution in [2.45, 2.75) is 31.3 Å². The number of hydrogen-bond acceptors (Lipinski definition) is 5. The number of methoxy groups -OCH3 is 2. The third-order valence-corrected chi connectivity index (χ3v) is 3.36. The van der Waals surface area contributed by atoms with Crippen molar-refractivity contribution in [1.82, 2.24) is 5.32 Å². The normalized spacial score (nSPS) is 15.3. The third kappa shape index (κ3) is 4.82. The summed E-state index contributed by atoms with van der Waals surface area (Å²) in [6, 6.07) is 5.41. The lowest BCUT2D eigenvalue weighted by Crippen LogP contribution is -2.43. The fourth-order valence-corrected chi connectivity index (χ4v) is 2.00. The first kappa shape index (κ1) is 15.4. The summed E-state index contributed by atoms with van der Waals surface area (Å²) < 4.78 is 16.0. The van der Waals surface area contributed by atoms with E-state index in [1.807, 2.05) is 0 Å². The average Bonchev–Trinajstić information content (AvgIpc) is 3.29. The molecule has 6 heteroatoms. The van der Waals surface area contributed by atoms with Gasteiger partial charge in [0.05, 0.1) is 26.9 Å². The van der Waals surface area contributed by atoms with E-state index in [0.717, 1.165) is 12.8 Å². The van der Waals surface area contributed by atoms with Gasteiger partial charge < -0.3 is 25.3 Å². The Morgan fingerprint density at radius 2 is 1.81 bits per heavy atom. The molecule has 1 aliphatic rings. The number of nitrogens with one attached hydrogen (secondary N) is 1. The van der Waals surface area contributed by atoms with Crippen molar-refractivity contribution >= 4 is 5.91 Å². The first-order chi connectivity index (χ1) is 10.1. The Labute approximate surface area is 124 Å². The monoisotopic (exact) mass is 294 g/mol. The molecule has 1 saturated carbocycles. The van der Waals surface area contributed by atoms with Crippen molar-refractivity contribution in [3.05, 3.63) is 18.2 Å². The molecule has 0 bridgehead atoms. The van der Waals surface area contributed by atoms with E-state index in [0.29, 0.717) is 36.3 Å². The van der Waals surface area contributed by atoms with Crippen molar-refractivity contribution in [1.29, 1.82) is 0 Å². The SMILES string of the molecule is COc1cc(OC)cc(OCCC(NC2CC2)C(N)=O)c1. The summed E-state index contributed by atoms with van der Waals surface area (Å²) in [5, 5.41) is 3.22. The van der Waals surface area contributed by atoms with Gasteiger partial charge in [0.15, 0.2) is 0 Å². The molecule has 0 spiro atoms. The molecule has 0 aliphatic heterocycles. The van der Waals surface area contributed by atoms with E-state index in [1.54, 1.807) is 32.4 Å². The molecule has 0 aromatic heterocycles. The largest absolute Gasteiger partial charge is 0.496 e. The van der Waals surface area contributed by atoms with Crippen LogP contribution in [0.5, 0.6) is 17.2 Å². The fraction of sp³-hybridized carbons (Fsp3) is 0.533. The maximum Gasteiger partial charge on any atom is 0.234 e. The van der Waals surface area contributed by atoms with E-state index < -0.39 is 0 Å². The molecule has 0 heterocycles. The van der Waals surface area contributed by atoms with Crippen LogP contribution >= 0.6 is 0 Å². The van der Waals surface area contributed by atoms with Gasteiger partial charge in [0.2, 0.25) is 5.91 Å². The number of carbonyl (C=O) groups is 1. The van der Waals surface area contributed by atoms with Crippen LogP contribution < -0.4 is 25.3 Å². The molecule has 1 aromatic rings. The maximum absolute atomic E-state index is 11.4. The smallest absolute Gasteiger partial charge is 0.234 e. The Morgan fingerprint density at radius 1 is 1.24 bits per heavy atom. The van der Waals surface area contributed by atoms with Crippen LogP contribution in [-0.4, -0.2) is 38.8 Å². The summed E-state index contributed by atoms with van der Waals surface area (Å²) in [5.74, 6) is 1.62. The molecule has 0 radical (unpaired) electrons. The minimum Gasteiger partial charge on any atom is -0.496 e. The quantitative estimate of drug-likeness (QED) is 0.712. The lowest BCUT2D eigenvalue weighted by Gasteiger charge is -2.16. The van der Waals surface area contributed by atoms with E-state index >= 15 is 0 Å². The zero-order chi connectivity index (χ0) is 15.2. The fourth-order valence-electron chi connectivity index (χ4n) is 2.00. The van der Waals surface area contributed by atoms with E-state index in [4.69, 9.17) is 19.9 Å². The lowest BCUT2D eigenvalue weighted by molar-refractivity contribution is -0.120. The van der Waals surface area contributed by atoms with E-state index in [1.165, 1.54) is 0 Å². The average molecular weight is 294 g/mol. The van der Waals surface area contributed by atoms with Crippen LogP contribution in [0.15, 0.2) is 18.2 Å². The molecule has 116 valence electrons. The first-order valence-electron chi connectivity index (χ1n) is 7.03. The second-order valence-electron chi connectivity index (χ2n) is 5.08. The number of primary amides is 1. The van der Waals surface area contributed by atoms with Gasteiger partial charge in [-0.3, -0.25) is 4.79 Å². The van der Waals surface area contributed by atoms with Crippen LogP contribution in [0, 0.1) is 0 Å². The minimum absolute atomic E-state index is 0.339. The molecule has 1 unspecified atom stereocenters. The maximum atomic E-state index is 11.4. The summed E-state index contributed by atoms with van der Waals surface area (Å²) >= 11 is 0. The third-order valence-electron chi connectivity index (χ3n) is 3.36. The molecule has 1 aromatic carbocycles. The van der Waals surface area contributed by atoms with E-state index in [2.05, 4.69) is 5.32 Å². The number of ether oxygens (including phenoxy) is 3. The van der Waals surface area contributed by atoms with Crippen molar-refractivity contribution in [2.24, 2.45) is 5.73 Å². The Bertz CT molecular complexity index is 466. The highest BCUT2D eigenvalue weighted by molar-refractivity contribution is 5.79. The standard InChI is InChI=1S/C15H22N2O4/c1-19-11-7-12(20-2)9-13(8-11)21-6-5-14(15(16)18)17-10-3-4-10/h7-10,14,17H,3-6H2,1-2H3,(H2,16,18). The van der Waals surface area contributed by atoms with Crippen LogP contribution in [-0.2, 0) is 4.79 Å². The predicted octanol–water partition coefficient (Wildman–Crippen LogP) is 1.08. The molecule has 21 heavy (non-hydrogen) atoms. The predicted molar refractivity (Wildman–Crippen MR) is 78.8 cm³/mol. The molecule has 6 nitrogen and oxygen atoms in total. The number of benzene rings is 1. The Kier molecular flexibility index (Phi) is 5.27. The second-order valence-corrected chi connectivity index (χ2v) is 5.08. The summed E-state index contributed by atoms with van der Waals surface area (Å²) in [6.07, 6.45) is 2.75. The Morgan fingerprint density at radius 3 is 2.29 bits per heavy atom. The Hall–Kier alpha value is -1.95.